The Morgan fingerprint density at radius 3 is 2.20 bits per heavy atom. The predicted octanol–water partition coefficient (Wildman–Crippen LogP) is 5.27. The van der Waals surface area contributed by atoms with Crippen molar-refractivity contribution in [2.45, 2.75) is 13.1 Å². The summed E-state index contributed by atoms with van der Waals surface area (Å²) in [4.78, 5) is 0. The third kappa shape index (κ3) is 4.32. The molecule has 0 atom stereocenters. The molecule has 20 heavy (non-hydrogen) atoms. The summed E-state index contributed by atoms with van der Waals surface area (Å²) < 4.78 is 8.31. The molecule has 0 saturated heterocycles. The highest BCUT2D eigenvalue weighted by Gasteiger charge is 2.07. The van der Waals surface area contributed by atoms with E-state index in [4.69, 9.17) is 4.74 Å². The van der Waals surface area contributed by atoms with Crippen LogP contribution in [0.4, 0.5) is 0 Å². The highest BCUT2D eigenvalue weighted by molar-refractivity contribution is 9.11. The summed E-state index contributed by atoms with van der Waals surface area (Å²) in [6.45, 7) is 1.63. The number of benzene rings is 2. The number of nitrogens with one attached hydrogen (secondary N) is 1. The van der Waals surface area contributed by atoms with Crippen LogP contribution in [-0.4, -0.2) is 7.11 Å². The first-order valence-electron chi connectivity index (χ1n) is 6.07. The third-order valence-corrected chi connectivity index (χ3v) is 4.48. The summed E-state index contributed by atoms with van der Waals surface area (Å²) in [5, 5.41) is 3.43. The molecule has 1 N–H and O–H groups in total. The first-order chi connectivity index (χ1) is 9.60. The van der Waals surface area contributed by atoms with E-state index in [0.717, 1.165) is 32.3 Å². The van der Waals surface area contributed by atoms with Gasteiger partial charge in [-0.1, -0.05) is 28.1 Å². The Bertz CT molecular complexity index is 578. The molecule has 0 amide bonds. The second-order valence-corrected chi connectivity index (χ2v) is 6.95. The normalized spacial score (nSPS) is 10.6. The Balaban J connectivity index is 1.98. The smallest absolute Gasteiger partial charge is 0.147 e. The molecule has 5 heteroatoms. The van der Waals surface area contributed by atoms with Crippen LogP contribution in [0.15, 0.2) is 49.8 Å². The summed E-state index contributed by atoms with van der Waals surface area (Å²) >= 11 is 10.5. The van der Waals surface area contributed by atoms with Crippen LogP contribution in [0.2, 0.25) is 0 Å². The van der Waals surface area contributed by atoms with Gasteiger partial charge in [-0.05, 0) is 67.3 Å². The number of methoxy groups -OCH3 is 1. The molecule has 0 spiro atoms. The van der Waals surface area contributed by atoms with Crippen molar-refractivity contribution in [1.29, 1.82) is 0 Å². The topological polar surface area (TPSA) is 21.3 Å². The van der Waals surface area contributed by atoms with Gasteiger partial charge in [0.1, 0.15) is 5.75 Å². The van der Waals surface area contributed by atoms with Crippen molar-refractivity contribution in [1.82, 2.24) is 5.32 Å². The molecular weight excluding hydrogens is 450 g/mol. The molecule has 0 aliphatic carbocycles. The van der Waals surface area contributed by atoms with Gasteiger partial charge in [0, 0.05) is 17.6 Å². The van der Waals surface area contributed by atoms with Crippen molar-refractivity contribution >= 4 is 47.8 Å². The summed E-state index contributed by atoms with van der Waals surface area (Å²) in [7, 11) is 1.66. The summed E-state index contributed by atoms with van der Waals surface area (Å²) in [6, 6.07) is 12.4. The van der Waals surface area contributed by atoms with Crippen LogP contribution in [0, 0.1) is 0 Å². The minimum absolute atomic E-state index is 0.799. The molecular formula is C15H14Br3NO. The van der Waals surface area contributed by atoms with Crippen LogP contribution < -0.4 is 10.1 Å². The Labute approximate surface area is 144 Å². The van der Waals surface area contributed by atoms with Crippen molar-refractivity contribution in [2.24, 2.45) is 0 Å². The van der Waals surface area contributed by atoms with Crippen molar-refractivity contribution < 1.29 is 4.74 Å². The molecule has 2 rings (SSSR count). The second-order valence-electron chi connectivity index (χ2n) is 4.33. The minimum Gasteiger partial charge on any atom is -0.494 e. The minimum atomic E-state index is 0.799. The van der Waals surface area contributed by atoms with E-state index in [1.165, 1.54) is 11.1 Å². The predicted molar refractivity (Wildman–Crippen MR) is 93.1 cm³/mol. The van der Waals surface area contributed by atoms with Crippen molar-refractivity contribution in [3.8, 4) is 5.75 Å². The second kappa shape index (κ2) is 7.59. The highest BCUT2D eigenvalue weighted by Crippen LogP contribution is 2.34. The summed E-state index contributed by atoms with van der Waals surface area (Å²) in [5.41, 5.74) is 2.45. The van der Waals surface area contributed by atoms with Gasteiger partial charge in [0.2, 0.25) is 0 Å². The Morgan fingerprint density at radius 2 is 1.60 bits per heavy atom. The molecule has 2 aromatic rings. The molecule has 0 fully saturated rings. The molecule has 2 nitrogen and oxygen atoms in total. The lowest BCUT2D eigenvalue weighted by Gasteiger charge is -2.10. The molecule has 0 radical (unpaired) electrons. The largest absolute Gasteiger partial charge is 0.494 e. The number of ether oxygens (including phenoxy) is 1. The van der Waals surface area contributed by atoms with E-state index in [-0.39, 0.29) is 0 Å². The number of halogens is 3. The maximum Gasteiger partial charge on any atom is 0.147 e. The van der Waals surface area contributed by atoms with Gasteiger partial charge in [-0.25, -0.2) is 0 Å². The average molecular weight is 464 g/mol. The van der Waals surface area contributed by atoms with Gasteiger partial charge in [0.25, 0.3) is 0 Å². The maximum absolute atomic E-state index is 5.30. The van der Waals surface area contributed by atoms with Crippen molar-refractivity contribution in [2.75, 3.05) is 7.11 Å². The van der Waals surface area contributed by atoms with E-state index >= 15 is 0 Å². The zero-order chi connectivity index (χ0) is 14.5. The molecule has 0 aromatic heterocycles. The fourth-order valence-electron chi connectivity index (χ4n) is 1.91. The maximum atomic E-state index is 5.30. The number of rotatable bonds is 5. The SMILES string of the molecule is COc1c(Br)cc(CNCc2cccc(Br)c2)cc1Br. The average Bonchev–Trinajstić information content (AvgIpc) is 2.38. The van der Waals surface area contributed by atoms with Gasteiger partial charge in [-0.2, -0.15) is 0 Å². The molecule has 0 saturated carbocycles. The van der Waals surface area contributed by atoms with Gasteiger partial charge in [0.05, 0.1) is 16.1 Å². The Hall–Kier alpha value is -0.360. The van der Waals surface area contributed by atoms with Gasteiger partial charge in [-0.3, -0.25) is 0 Å². The van der Waals surface area contributed by atoms with E-state index in [0.29, 0.717) is 0 Å². The van der Waals surface area contributed by atoms with Gasteiger partial charge in [0.15, 0.2) is 0 Å². The van der Waals surface area contributed by atoms with E-state index in [1.54, 1.807) is 7.11 Å². The zero-order valence-electron chi connectivity index (χ0n) is 10.9. The summed E-state index contributed by atoms with van der Waals surface area (Å²) in [6.07, 6.45) is 0. The Kier molecular flexibility index (Phi) is 6.08. The van der Waals surface area contributed by atoms with Gasteiger partial charge in [-0.15, -0.1) is 0 Å². The Morgan fingerprint density at radius 1 is 0.950 bits per heavy atom. The van der Waals surface area contributed by atoms with Crippen LogP contribution in [0.3, 0.4) is 0 Å². The van der Waals surface area contributed by atoms with Crippen molar-refractivity contribution in [3.63, 3.8) is 0 Å². The molecule has 2 aromatic carbocycles. The number of hydrogen-bond acceptors (Lipinski definition) is 2. The molecule has 0 unspecified atom stereocenters. The van der Waals surface area contributed by atoms with E-state index in [2.05, 4.69) is 77.4 Å². The zero-order valence-corrected chi connectivity index (χ0v) is 15.7. The lowest BCUT2D eigenvalue weighted by Crippen LogP contribution is -2.12. The van der Waals surface area contributed by atoms with E-state index in [9.17, 15) is 0 Å². The van der Waals surface area contributed by atoms with Crippen LogP contribution in [0.5, 0.6) is 5.75 Å². The van der Waals surface area contributed by atoms with Crippen LogP contribution in [-0.2, 0) is 13.1 Å². The highest BCUT2D eigenvalue weighted by atomic mass is 79.9. The number of hydrogen-bond donors (Lipinski definition) is 1. The van der Waals surface area contributed by atoms with Crippen LogP contribution in [0.25, 0.3) is 0 Å². The van der Waals surface area contributed by atoms with E-state index in [1.807, 2.05) is 12.1 Å². The van der Waals surface area contributed by atoms with Crippen LogP contribution >= 0.6 is 47.8 Å². The molecule has 106 valence electrons. The standard InChI is InChI=1S/C15H14Br3NO/c1-20-15-13(17)6-11(7-14(15)18)9-19-8-10-3-2-4-12(16)5-10/h2-7,19H,8-9H2,1H3. The fourth-order valence-corrected chi connectivity index (χ4v) is 3.96. The van der Waals surface area contributed by atoms with E-state index < -0.39 is 0 Å². The third-order valence-electron chi connectivity index (χ3n) is 2.81. The first kappa shape index (κ1) is 16.0. The molecule has 0 aliphatic rings. The fraction of sp³-hybridized carbons (Fsp3) is 0.200. The quantitative estimate of drug-likeness (QED) is 0.652. The molecule has 0 aliphatic heterocycles. The molecule has 0 heterocycles. The first-order valence-corrected chi connectivity index (χ1v) is 8.45. The molecule has 0 bridgehead atoms. The van der Waals surface area contributed by atoms with Gasteiger partial charge < -0.3 is 10.1 Å². The van der Waals surface area contributed by atoms with Crippen molar-refractivity contribution in [3.05, 3.63) is 60.9 Å². The van der Waals surface area contributed by atoms with Crippen LogP contribution in [0.1, 0.15) is 11.1 Å². The lowest BCUT2D eigenvalue weighted by molar-refractivity contribution is 0.409. The lowest BCUT2D eigenvalue weighted by atomic mass is 10.2. The summed E-state index contributed by atoms with van der Waals surface area (Å²) in [5.74, 6) is 0.820. The van der Waals surface area contributed by atoms with Gasteiger partial charge >= 0.3 is 0 Å². The monoisotopic (exact) mass is 461 g/mol.